The summed E-state index contributed by atoms with van der Waals surface area (Å²) in [6, 6.07) is 7.73. The number of ether oxygens (including phenoxy) is 3. The Kier molecular flexibility index (Phi) is 4.04. The maximum absolute atomic E-state index is 12.7. The summed E-state index contributed by atoms with van der Waals surface area (Å²) in [5, 5.41) is 9.87. The van der Waals surface area contributed by atoms with Crippen LogP contribution in [0.3, 0.4) is 0 Å². The molecule has 0 saturated carbocycles. The van der Waals surface area contributed by atoms with Crippen LogP contribution in [0.15, 0.2) is 45.8 Å². The van der Waals surface area contributed by atoms with Crippen molar-refractivity contribution in [2.24, 2.45) is 0 Å². The highest BCUT2D eigenvalue weighted by Crippen LogP contribution is 2.40. The topological polar surface area (TPSA) is 78.1 Å². The van der Waals surface area contributed by atoms with Gasteiger partial charge in [0.2, 0.25) is 5.75 Å². The number of methoxy groups -OCH3 is 3. The monoisotopic (exact) mass is 328 g/mol. The number of aromatic hydroxyl groups is 1. The molecule has 0 aliphatic heterocycles. The zero-order valence-electron chi connectivity index (χ0n) is 13.5. The van der Waals surface area contributed by atoms with Crippen LogP contribution >= 0.6 is 0 Å². The Bertz CT molecular complexity index is 932. The average Bonchev–Trinajstić information content (AvgIpc) is 2.60. The number of phenols is 1. The van der Waals surface area contributed by atoms with E-state index in [9.17, 15) is 9.90 Å². The fraction of sp³-hybridized carbons (Fsp3) is 0.167. The molecule has 0 fully saturated rings. The van der Waals surface area contributed by atoms with Crippen molar-refractivity contribution in [1.29, 1.82) is 0 Å². The minimum Gasteiger partial charge on any atom is -0.508 e. The van der Waals surface area contributed by atoms with E-state index in [2.05, 4.69) is 0 Å². The maximum atomic E-state index is 12.7. The molecule has 0 spiro atoms. The van der Waals surface area contributed by atoms with Gasteiger partial charge in [0, 0.05) is 6.07 Å². The predicted molar refractivity (Wildman–Crippen MR) is 89.2 cm³/mol. The van der Waals surface area contributed by atoms with Crippen molar-refractivity contribution in [1.82, 2.24) is 0 Å². The van der Waals surface area contributed by atoms with Gasteiger partial charge in [-0.1, -0.05) is 0 Å². The Balaban J connectivity index is 2.26. The van der Waals surface area contributed by atoms with Gasteiger partial charge in [-0.05, 0) is 29.8 Å². The van der Waals surface area contributed by atoms with Gasteiger partial charge in [-0.15, -0.1) is 0 Å². The Hall–Kier alpha value is -3.15. The number of hydrogen-bond donors (Lipinski definition) is 1. The summed E-state index contributed by atoms with van der Waals surface area (Å²) in [5.74, 6) is 1.36. The van der Waals surface area contributed by atoms with Gasteiger partial charge in [0.25, 0.3) is 0 Å². The summed E-state index contributed by atoms with van der Waals surface area (Å²) < 4.78 is 21.4. The second kappa shape index (κ2) is 6.16. The first kappa shape index (κ1) is 15.7. The molecule has 124 valence electrons. The molecule has 2 aromatic carbocycles. The van der Waals surface area contributed by atoms with E-state index in [-0.39, 0.29) is 11.2 Å². The van der Waals surface area contributed by atoms with Crippen molar-refractivity contribution in [2.45, 2.75) is 0 Å². The SMILES string of the molecule is COc1cc(-c2coc3cc(O)ccc3c2=O)cc(OC)c1OC. The molecular weight excluding hydrogens is 312 g/mol. The molecule has 0 unspecified atom stereocenters. The average molecular weight is 328 g/mol. The van der Waals surface area contributed by atoms with Gasteiger partial charge in [-0.25, -0.2) is 0 Å². The van der Waals surface area contributed by atoms with Crippen LogP contribution in [0.5, 0.6) is 23.0 Å². The maximum Gasteiger partial charge on any atom is 0.203 e. The van der Waals surface area contributed by atoms with Crippen molar-refractivity contribution < 1.29 is 23.7 Å². The highest BCUT2D eigenvalue weighted by Gasteiger charge is 2.17. The minimum atomic E-state index is -0.217. The van der Waals surface area contributed by atoms with E-state index in [1.54, 1.807) is 12.1 Å². The largest absolute Gasteiger partial charge is 0.508 e. The van der Waals surface area contributed by atoms with Gasteiger partial charge in [0.15, 0.2) is 16.9 Å². The summed E-state index contributed by atoms with van der Waals surface area (Å²) >= 11 is 0. The molecule has 24 heavy (non-hydrogen) atoms. The van der Waals surface area contributed by atoms with Crippen molar-refractivity contribution in [2.75, 3.05) is 21.3 Å². The van der Waals surface area contributed by atoms with Crippen molar-refractivity contribution in [3.05, 3.63) is 46.8 Å². The summed E-state index contributed by atoms with van der Waals surface area (Å²) in [4.78, 5) is 12.7. The molecule has 0 radical (unpaired) electrons. The first-order valence-electron chi connectivity index (χ1n) is 7.14. The van der Waals surface area contributed by atoms with Gasteiger partial charge >= 0.3 is 0 Å². The highest BCUT2D eigenvalue weighted by molar-refractivity contribution is 5.83. The van der Waals surface area contributed by atoms with Crippen LogP contribution in [-0.4, -0.2) is 26.4 Å². The summed E-state index contributed by atoms with van der Waals surface area (Å²) in [6.07, 6.45) is 1.35. The van der Waals surface area contributed by atoms with Gasteiger partial charge in [-0.2, -0.15) is 0 Å². The number of fused-ring (bicyclic) bond motifs is 1. The normalized spacial score (nSPS) is 10.6. The lowest BCUT2D eigenvalue weighted by atomic mass is 10.0. The quantitative estimate of drug-likeness (QED) is 0.792. The molecule has 3 rings (SSSR count). The van der Waals surface area contributed by atoms with E-state index < -0.39 is 0 Å². The van der Waals surface area contributed by atoms with Gasteiger partial charge in [0.1, 0.15) is 17.6 Å². The molecular formula is C18H16O6. The van der Waals surface area contributed by atoms with E-state index in [1.807, 2.05) is 0 Å². The van der Waals surface area contributed by atoms with Gasteiger partial charge < -0.3 is 23.7 Å². The molecule has 0 atom stereocenters. The number of benzene rings is 2. The van der Waals surface area contributed by atoms with Crippen LogP contribution in [0.4, 0.5) is 0 Å². The Morgan fingerprint density at radius 3 is 2.21 bits per heavy atom. The van der Waals surface area contributed by atoms with Crippen molar-refractivity contribution >= 4 is 11.0 Å². The molecule has 6 nitrogen and oxygen atoms in total. The fourth-order valence-corrected chi connectivity index (χ4v) is 2.55. The third kappa shape index (κ3) is 2.52. The summed E-state index contributed by atoms with van der Waals surface area (Å²) in [5.41, 5.74) is 1.03. The fourth-order valence-electron chi connectivity index (χ4n) is 2.55. The zero-order chi connectivity index (χ0) is 17.3. The molecule has 1 heterocycles. The first-order chi connectivity index (χ1) is 11.6. The highest BCUT2D eigenvalue weighted by atomic mass is 16.5. The van der Waals surface area contributed by atoms with E-state index in [4.69, 9.17) is 18.6 Å². The number of rotatable bonds is 4. The molecule has 3 aromatic rings. The predicted octanol–water partition coefficient (Wildman–Crippen LogP) is 3.19. The molecule has 6 heteroatoms. The van der Waals surface area contributed by atoms with Crippen LogP contribution in [0, 0.1) is 0 Å². The first-order valence-corrected chi connectivity index (χ1v) is 7.14. The van der Waals surface area contributed by atoms with E-state index in [1.165, 1.54) is 45.8 Å². The lowest BCUT2D eigenvalue weighted by Gasteiger charge is -2.14. The lowest BCUT2D eigenvalue weighted by molar-refractivity contribution is 0.324. The Labute approximate surface area is 137 Å². The van der Waals surface area contributed by atoms with Crippen LogP contribution < -0.4 is 19.6 Å². The smallest absolute Gasteiger partial charge is 0.203 e. The second-order valence-electron chi connectivity index (χ2n) is 5.07. The molecule has 1 N–H and O–H groups in total. The van der Waals surface area contributed by atoms with Crippen LogP contribution in [0.1, 0.15) is 0 Å². The number of phenolic OH excluding ortho intramolecular Hbond substituents is 1. The molecule has 0 saturated heterocycles. The van der Waals surface area contributed by atoms with Crippen LogP contribution in [0.25, 0.3) is 22.1 Å². The van der Waals surface area contributed by atoms with Crippen molar-refractivity contribution in [3.8, 4) is 34.1 Å². The summed E-state index contributed by atoms with van der Waals surface area (Å²) in [7, 11) is 4.52. The molecule has 0 amide bonds. The Morgan fingerprint density at radius 2 is 1.62 bits per heavy atom. The molecule has 0 aliphatic carbocycles. The zero-order valence-corrected chi connectivity index (χ0v) is 13.5. The standard InChI is InChI=1S/C18H16O6/c1-21-15-6-10(7-16(22-2)18(15)23-3)13-9-24-14-8-11(19)4-5-12(14)17(13)20/h4-9,19H,1-3H3. The van der Waals surface area contributed by atoms with Gasteiger partial charge in [0.05, 0.1) is 32.3 Å². The molecule has 1 aromatic heterocycles. The van der Waals surface area contributed by atoms with Crippen LogP contribution in [0.2, 0.25) is 0 Å². The summed E-state index contributed by atoms with van der Waals surface area (Å²) in [6.45, 7) is 0. The third-order valence-corrected chi connectivity index (χ3v) is 3.73. The lowest BCUT2D eigenvalue weighted by Crippen LogP contribution is -2.05. The molecule has 0 aliphatic rings. The Morgan fingerprint density at radius 1 is 0.958 bits per heavy atom. The minimum absolute atomic E-state index is 0.0335. The van der Waals surface area contributed by atoms with Crippen LogP contribution in [-0.2, 0) is 0 Å². The van der Waals surface area contributed by atoms with E-state index in [0.717, 1.165) is 0 Å². The van der Waals surface area contributed by atoms with E-state index in [0.29, 0.717) is 39.3 Å². The van der Waals surface area contributed by atoms with Crippen molar-refractivity contribution in [3.63, 3.8) is 0 Å². The van der Waals surface area contributed by atoms with E-state index >= 15 is 0 Å². The second-order valence-corrected chi connectivity index (χ2v) is 5.07. The van der Waals surface area contributed by atoms with Gasteiger partial charge in [-0.3, -0.25) is 4.79 Å². The molecule has 0 bridgehead atoms. The third-order valence-electron chi connectivity index (χ3n) is 3.73. The number of hydrogen-bond acceptors (Lipinski definition) is 6.